The lowest BCUT2D eigenvalue weighted by atomic mass is 10.2. The molecule has 0 aliphatic heterocycles. The van der Waals surface area contributed by atoms with Crippen molar-refractivity contribution < 1.29 is 23.5 Å². The first-order chi connectivity index (χ1) is 13.8. The van der Waals surface area contributed by atoms with Gasteiger partial charge >= 0.3 is 5.97 Å². The molecule has 3 N–H and O–H groups in total. The van der Waals surface area contributed by atoms with Gasteiger partial charge in [0, 0.05) is 16.8 Å². The summed E-state index contributed by atoms with van der Waals surface area (Å²) in [5.74, 6) is -1.28. The quantitative estimate of drug-likeness (QED) is 0.621. The monoisotopic (exact) mass is 393 g/mol. The molecule has 0 bridgehead atoms. The number of nitrogens with one attached hydrogen (secondary N) is 1. The van der Waals surface area contributed by atoms with Crippen LogP contribution < -0.4 is 11.1 Å². The predicted octanol–water partition coefficient (Wildman–Crippen LogP) is 2.93. The number of aromatic nitrogens is 1. The number of amides is 2. The van der Waals surface area contributed by atoms with E-state index in [1.54, 1.807) is 19.1 Å². The summed E-state index contributed by atoms with van der Waals surface area (Å²) in [7, 11) is 0. The van der Waals surface area contributed by atoms with Crippen LogP contribution in [0.2, 0.25) is 0 Å². The number of ether oxygens (including phenoxy) is 1. The Kier molecular flexibility index (Phi) is 5.73. The predicted molar refractivity (Wildman–Crippen MR) is 105 cm³/mol. The number of nitrogens with zero attached hydrogens (tertiary/aromatic N) is 1. The van der Waals surface area contributed by atoms with E-state index in [0.717, 1.165) is 5.56 Å². The third-order valence-electron chi connectivity index (χ3n) is 4.10. The zero-order valence-electron chi connectivity index (χ0n) is 15.8. The van der Waals surface area contributed by atoms with E-state index in [2.05, 4.69) is 10.3 Å². The molecule has 0 aliphatic rings. The summed E-state index contributed by atoms with van der Waals surface area (Å²) in [6.07, 6.45) is -1.07. The third-order valence-corrected chi connectivity index (χ3v) is 4.10. The Morgan fingerprint density at radius 1 is 1.07 bits per heavy atom. The second kappa shape index (κ2) is 8.39. The molecule has 0 saturated carbocycles. The Morgan fingerprint density at radius 2 is 1.72 bits per heavy atom. The molecule has 2 aromatic carbocycles. The van der Waals surface area contributed by atoms with E-state index < -0.39 is 23.9 Å². The number of anilines is 1. The maximum absolute atomic E-state index is 12.4. The summed E-state index contributed by atoms with van der Waals surface area (Å²) in [4.78, 5) is 40.0. The molecular weight excluding hydrogens is 374 g/mol. The fourth-order valence-electron chi connectivity index (χ4n) is 2.52. The summed E-state index contributed by atoms with van der Waals surface area (Å²) < 4.78 is 10.8. The standard InChI is InChI=1S/C21H19N3O5/c1-12-17(24-20(28-12)15-6-4-3-5-7-15)21(27)29-13(2)19(26)23-16-10-8-14(9-11-16)18(22)25/h3-11,13H,1-2H3,(H2,22,25)(H,23,26)/t13-/m1/s1. The summed E-state index contributed by atoms with van der Waals surface area (Å²) in [6.45, 7) is 3.04. The molecule has 0 radical (unpaired) electrons. The van der Waals surface area contributed by atoms with E-state index >= 15 is 0 Å². The van der Waals surface area contributed by atoms with Crippen LogP contribution in [0.3, 0.4) is 0 Å². The first-order valence-electron chi connectivity index (χ1n) is 8.79. The van der Waals surface area contributed by atoms with Crippen LogP contribution in [0.15, 0.2) is 59.0 Å². The lowest BCUT2D eigenvalue weighted by Gasteiger charge is -2.13. The number of benzene rings is 2. The van der Waals surface area contributed by atoms with Gasteiger partial charge in [-0.15, -0.1) is 0 Å². The minimum atomic E-state index is -1.07. The molecule has 0 aliphatic carbocycles. The molecule has 0 spiro atoms. The van der Waals surface area contributed by atoms with Crippen LogP contribution in [-0.2, 0) is 9.53 Å². The molecule has 1 atom stereocenters. The van der Waals surface area contributed by atoms with Crippen LogP contribution in [-0.4, -0.2) is 28.9 Å². The number of aryl methyl sites for hydroxylation is 1. The maximum atomic E-state index is 12.4. The van der Waals surface area contributed by atoms with Crippen molar-refractivity contribution in [3.8, 4) is 11.5 Å². The Bertz CT molecular complexity index is 1040. The number of carbonyl (C=O) groups excluding carboxylic acids is 3. The summed E-state index contributed by atoms with van der Waals surface area (Å²) >= 11 is 0. The van der Waals surface area contributed by atoms with Gasteiger partial charge in [-0.25, -0.2) is 9.78 Å². The highest BCUT2D eigenvalue weighted by Crippen LogP contribution is 2.22. The van der Waals surface area contributed by atoms with Gasteiger partial charge in [0.1, 0.15) is 5.76 Å². The normalized spacial score (nSPS) is 11.5. The molecule has 8 nitrogen and oxygen atoms in total. The van der Waals surface area contributed by atoms with Gasteiger partial charge < -0.3 is 20.2 Å². The topological polar surface area (TPSA) is 125 Å². The minimum Gasteiger partial charge on any atom is -0.448 e. The molecule has 2 amide bonds. The van der Waals surface area contributed by atoms with Crippen LogP contribution in [0.4, 0.5) is 5.69 Å². The number of primary amides is 1. The van der Waals surface area contributed by atoms with Gasteiger partial charge in [0.25, 0.3) is 5.91 Å². The molecule has 3 aromatic rings. The lowest BCUT2D eigenvalue weighted by molar-refractivity contribution is -0.123. The molecule has 29 heavy (non-hydrogen) atoms. The second-order valence-corrected chi connectivity index (χ2v) is 6.27. The number of esters is 1. The Morgan fingerprint density at radius 3 is 2.34 bits per heavy atom. The van der Waals surface area contributed by atoms with Crippen molar-refractivity contribution in [2.24, 2.45) is 5.73 Å². The fourth-order valence-corrected chi connectivity index (χ4v) is 2.52. The highest BCUT2D eigenvalue weighted by atomic mass is 16.5. The Labute approximate surface area is 166 Å². The van der Waals surface area contributed by atoms with Gasteiger partial charge in [-0.1, -0.05) is 18.2 Å². The van der Waals surface area contributed by atoms with E-state index in [9.17, 15) is 14.4 Å². The molecular formula is C21H19N3O5. The number of hydrogen-bond donors (Lipinski definition) is 2. The van der Waals surface area contributed by atoms with Crippen LogP contribution in [0.5, 0.6) is 0 Å². The molecule has 1 aromatic heterocycles. The Hall–Kier alpha value is -3.94. The maximum Gasteiger partial charge on any atom is 0.361 e. The van der Waals surface area contributed by atoms with Gasteiger partial charge in [0.2, 0.25) is 11.8 Å². The summed E-state index contributed by atoms with van der Waals surface area (Å²) in [5.41, 5.74) is 6.66. The van der Waals surface area contributed by atoms with Crippen molar-refractivity contribution in [3.63, 3.8) is 0 Å². The van der Waals surface area contributed by atoms with Crippen LogP contribution in [0, 0.1) is 6.92 Å². The number of carbonyl (C=O) groups is 3. The highest BCUT2D eigenvalue weighted by Gasteiger charge is 2.24. The van der Waals surface area contributed by atoms with Crippen LogP contribution >= 0.6 is 0 Å². The smallest absolute Gasteiger partial charge is 0.361 e. The van der Waals surface area contributed by atoms with Crippen molar-refractivity contribution in [2.45, 2.75) is 20.0 Å². The molecule has 148 valence electrons. The number of rotatable bonds is 6. The van der Waals surface area contributed by atoms with E-state index in [0.29, 0.717) is 22.9 Å². The minimum absolute atomic E-state index is 0.00862. The number of nitrogens with two attached hydrogens (primary N) is 1. The van der Waals surface area contributed by atoms with Gasteiger partial charge in [-0.3, -0.25) is 9.59 Å². The highest BCUT2D eigenvalue weighted by molar-refractivity contribution is 5.98. The molecule has 1 heterocycles. The number of oxazole rings is 1. The van der Waals surface area contributed by atoms with Crippen molar-refractivity contribution in [3.05, 3.63) is 71.6 Å². The van der Waals surface area contributed by atoms with Gasteiger partial charge in [-0.05, 0) is 50.2 Å². The van der Waals surface area contributed by atoms with E-state index in [1.807, 2.05) is 18.2 Å². The first kappa shape index (κ1) is 19.8. The second-order valence-electron chi connectivity index (χ2n) is 6.27. The molecule has 0 unspecified atom stereocenters. The zero-order valence-corrected chi connectivity index (χ0v) is 15.8. The average Bonchev–Trinajstić information content (AvgIpc) is 3.11. The van der Waals surface area contributed by atoms with Gasteiger partial charge in [0.15, 0.2) is 11.8 Å². The van der Waals surface area contributed by atoms with Crippen molar-refractivity contribution >= 4 is 23.5 Å². The van der Waals surface area contributed by atoms with E-state index in [4.69, 9.17) is 14.9 Å². The van der Waals surface area contributed by atoms with Crippen molar-refractivity contribution in [2.75, 3.05) is 5.32 Å². The summed E-state index contributed by atoms with van der Waals surface area (Å²) in [5, 5.41) is 2.60. The zero-order chi connectivity index (χ0) is 21.0. The lowest BCUT2D eigenvalue weighted by Crippen LogP contribution is -2.30. The first-order valence-corrected chi connectivity index (χ1v) is 8.79. The molecule has 3 rings (SSSR count). The third kappa shape index (κ3) is 4.67. The largest absolute Gasteiger partial charge is 0.448 e. The van der Waals surface area contributed by atoms with E-state index in [1.165, 1.54) is 31.2 Å². The molecule has 0 saturated heterocycles. The Balaban J connectivity index is 1.65. The fraction of sp³-hybridized carbons (Fsp3) is 0.143. The van der Waals surface area contributed by atoms with Crippen molar-refractivity contribution in [1.29, 1.82) is 0 Å². The van der Waals surface area contributed by atoms with E-state index in [-0.39, 0.29) is 5.69 Å². The van der Waals surface area contributed by atoms with Crippen LogP contribution in [0.25, 0.3) is 11.5 Å². The average molecular weight is 393 g/mol. The molecule has 8 heteroatoms. The van der Waals surface area contributed by atoms with Gasteiger partial charge in [-0.2, -0.15) is 0 Å². The summed E-state index contributed by atoms with van der Waals surface area (Å²) in [6, 6.07) is 15.2. The SMILES string of the molecule is Cc1oc(-c2ccccc2)nc1C(=O)O[C@H](C)C(=O)Nc1ccc(C(N)=O)cc1. The van der Waals surface area contributed by atoms with Gasteiger partial charge in [0.05, 0.1) is 0 Å². The number of hydrogen-bond acceptors (Lipinski definition) is 6. The molecule has 0 fully saturated rings. The van der Waals surface area contributed by atoms with Crippen LogP contribution in [0.1, 0.15) is 33.5 Å². The van der Waals surface area contributed by atoms with Crippen molar-refractivity contribution in [1.82, 2.24) is 4.98 Å².